The molecule has 0 bridgehead atoms. The van der Waals surface area contributed by atoms with Crippen molar-refractivity contribution in [2.45, 2.75) is 13.0 Å². The summed E-state index contributed by atoms with van der Waals surface area (Å²) in [5.41, 5.74) is 0. The van der Waals surface area contributed by atoms with Crippen LogP contribution in [0.5, 0.6) is 0 Å². The number of rotatable bonds is 1. The monoisotopic (exact) mass is 382 g/mol. The normalized spacial score (nSPS) is 7.06. The zero-order valence-corrected chi connectivity index (χ0v) is 15.3. The van der Waals surface area contributed by atoms with E-state index in [0.717, 1.165) is 0 Å². The summed E-state index contributed by atoms with van der Waals surface area (Å²) >= 11 is 7.14. The third-order valence-electron chi connectivity index (χ3n) is 1.42. The molecule has 0 atom stereocenters. The summed E-state index contributed by atoms with van der Waals surface area (Å²) in [5, 5.41) is 0. The summed E-state index contributed by atoms with van der Waals surface area (Å²) in [6.07, 6.45) is 0. The van der Waals surface area contributed by atoms with Crippen molar-refractivity contribution >= 4 is 15.8 Å². The molecule has 0 amide bonds. The van der Waals surface area contributed by atoms with E-state index in [1.165, 1.54) is 29.4 Å². The van der Waals surface area contributed by atoms with E-state index in [4.69, 9.17) is 11.1 Å². The Morgan fingerprint density at radius 1 is 0.941 bits per heavy atom. The van der Waals surface area contributed by atoms with Crippen LogP contribution in [0.4, 0.5) is 0 Å². The van der Waals surface area contributed by atoms with Crippen LogP contribution in [-0.2, 0) is 23.3 Å². The van der Waals surface area contributed by atoms with Crippen LogP contribution < -0.4 is 24.8 Å². The van der Waals surface area contributed by atoms with Crippen molar-refractivity contribution in [3.05, 3.63) is 60.7 Å². The van der Waals surface area contributed by atoms with Gasteiger partial charge in [0.2, 0.25) is 0 Å². The van der Waals surface area contributed by atoms with Crippen molar-refractivity contribution in [3.63, 3.8) is 0 Å². The third-order valence-corrected chi connectivity index (χ3v) is 5.45. The van der Waals surface area contributed by atoms with Crippen LogP contribution in [0.3, 0.4) is 0 Å². The molecule has 0 fully saturated rings. The van der Waals surface area contributed by atoms with Gasteiger partial charge in [-0.15, -0.1) is 0 Å². The second-order valence-electron chi connectivity index (χ2n) is 2.68. The van der Waals surface area contributed by atoms with E-state index in [-0.39, 0.29) is 29.6 Å². The fourth-order valence-electron chi connectivity index (χ4n) is 0.642. The van der Waals surface area contributed by atoms with Crippen molar-refractivity contribution in [1.82, 2.24) is 0 Å². The van der Waals surface area contributed by atoms with Gasteiger partial charge in [-0.3, -0.25) is 0 Å². The van der Waals surface area contributed by atoms with Crippen LogP contribution in [-0.4, -0.2) is 4.74 Å². The SMILES string of the molecule is CC[Si](Cl)=[Zr+2].[Cl-].[Cl-].c1cc[cH-]c1.c1cc[cH-]c1. The van der Waals surface area contributed by atoms with Gasteiger partial charge < -0.3 is 24.8 Å². The van der Waals surface area contributed by atoms with Gasteiger partial charge in [-0.25, -0.2) is 24.3 Å². The van der Waals surface area contributed by atoms with Crippen LogP contribution in [0.15, 0.2) is 60.7 Å². The fourth-order valence-corrected chi connectivity index (χ4v) is 0.642. The summed E-state index contributed by atoms with van der Waals surface area (Å²) in [4.78, 5) is 0. The number of halogens is 3. The minimum atomic E-state index is -0.312. The van der Waals surface area contributed by atoms with Gasteiger partial charge in [-0.1, -0.05) is 0 Å². The molecule has 0 heterocycles. The maximum Gasteiger partial charge on any atom is -0.172 e. The smallest absolute Gasteiger partial charge is 0.172 e. The maximum atomic E-state index is 5.60. The van der Waals surface area contributed by atoms with Gasteiger partial charge in [0, 0.05) is 0 Å². The molecule has 0 N–H and O–H groups in total. The largest absolute Gasteiger partial charge is 1.00 e. The molecule has 0 aliphatic carbocycles. The van der Waals surface area contributed by atoms with Crippen molar-refractivity contribution in [3.8, 4) is 0 Å². The molecular formula is C12H15Cl3SiZr-2. The van der Waals surface area contributed by atoms with E-state index < -0.39 is 0 Å². The molecule has 2 rings (SSSR count). The molecule has 0 unspecified atom stereocenters. The van der Waals surface area contributed by atoms with Crippen molar-refractivity contribution in [2.24, 2.45) is 0 Å². The first kappa shape index (κ1) is 22.8. The molecule has 0 saturated carbocycles. The third kappa shape index (κ3) is 22.3. The summed E-state index contributed by atoms with van der Waals surface area (Å²) < 4.78 is -0.312. The fraction of sp³-hybridized carbons (Fsp3) is 0.167. The van der Waals surface area contributed by atoms with Gasteiger partial charge in [-0.05, 0) is 0 Å². The van der Waals surface area contributed by atoms with Crippen LogP contribution in [0.25, 0.3) is 0 Å². The van der Waals surface area contributed by atoms with Crippen molar-refractivity contribution < 1.29 is 48.1 Å². The van der Waals surface area contributed by atoms with Crippen LogP contribution in [0.2, 0.25) is 6.04 Å². The Bertz CT molecular complexity index is 246. The molecule has 2 aromatic rings. The van der Waals surface area contributed by atoms with E-state index in [1.54, 1.807) is 0 Å². The molecule has 0 aromatic heterocycles. The van der Waals surface area contributed by atoms with Gasteiger partial charge in [0.05, 0.1) is 0 Å². The standard InChI is InChI=1S/2C5H5.C2H5ClSi.2ClH.Zr/c2*1-2-4-5-3-1;1-2-4-3;;;/h2*1-5H;2H2,1H3;2*1H;/q2*-1;;;;+2/p-2. The number of hydrogen-bond acceptors (Lipinski definition) is 0. The second kappa shape index (κ2) is 19.0. The Morgan fingerprint density at radius 3 is 1.24 bits per heavy atom. The Kier molecular flexibility index (Phi) is 25.5. The molecular weight excluding hydrogens is 370 g/mol. The molecule has 0 aliphatic heterocycles. The Hall–Kier alpha value is 0.670. The summed E-state index contributed by atoms with van der Waals surface area (Å²) in [7, 11) is 0. The van der Waals surface area contributed by atoms with E-state index in [1.807, 2.05) is 60.7 Å². The molecule has 0 spiro atoms. The molecule has 5 heteroatoms. The molecule has 0 nitrogen and oxygen atoms in total. The zero-order valence-electron chi connectivity index (χ0n) is 9.61. The average molecular weight is 385 g/mol. The molecule has 17 heavy (non-hydrogen) atoms. The topological polar surface area (TPSA) is 0 Å². The first-order valence-electron chi connectivity index (χ1n) is 4.83. The van der Waals surface area contributed by atoms with Gasteiger partial charge in [0.25, 0.3) is 0 Å². The molecule has 94 valence electrons. The van der Waals surface area contributed by atoms with Gasteiger partial charge in [0.15, 0.2) is 0 Å². The van der Waals surface area contributed by atoms with Crippen molar-refractivity contribution in [1.29, 1.82) is 0 Å². The quantitative estimate of drug-likeness (QED) is 0.306. The van der Waals surface area contributed by atoms with Gasteiger partial charge in [-0.2, -0.15) is 36.4 Å². The minimum absolute atomic E-state index is 0. The Morgan fingerprint density at radius 2 is 1.18 bits per heavy atom. The van der Waals surface area contributed by atoms with Gasteiger partial charge >= 0.3 is 52.1 Å². The zero-order chi connectivity index (χ0) is 11.4. The summed E-state index contributed by atoms with van der Waals surface area (Å²) in [6, 6.07) is 21.2. The summed E-state index contributed by atoms with van der Waals surface area (Å²) in [6.45, 7) is 2.13. The minimum Gasteiger partial charge on any atom is -1.00 e. The second-order valence-corrected chi connectivity index (χ2v) is 12.4. The average Bonchev–Trinajstić information content (AvgIpc) is 2.96. The predicted octanol–water partition coefficient (Wildman–Crippen LogP) is -1.90. The van der Waals surface area contributed by atoms with E-state index in [2.05, 4.69) is 6.92 Å². The molecule has 2 aromatic carbocycles. The molecule has 0 aliphatic rings. The van der Waals surface area contributed by atoms with Gasteiger partial charge in [0.1, 0.15) is 0 Å². The predicted molar refractivity (Wildman–Crippen MR) is 66.2 cm³/mol. The van der Waals surface area contributed by atoms with Crippen LogP contribution in [0.1, 0.15) is 6.92 Å². The van der Waals surface area contributed by atoms with E-state index in [0.29, 0.717) is 0 Å². The number of hydrogen-bond donors (Lipinski definition) is 0. The molecule has 0 saturated heterocycles. The van der Waals surface area contributed by atoms with Crippen LogP contribution >= 0.6 is 11.1 Å². The summed E-state index contributed by atoms with van der Waals surface area (Å²) in [5.74, 6) is 0. The maximum absolute atomic E-state index is 5.60. The first-order valence-corrected chi connectivity index (χ1v) is 11.2. The molecule has 0 radical (unpaired) electrons. The Balaban J connectivity index is -0.000000163. The van der Waals surface area contributed by atoms with E-state index >= 15 is 0 Å². The Labute approximate surface area is 136 Å². The van der Waals surface area contributed by atoms with Crippen molar-refractivity contribution in [2.75, 3.05) is 0 Å². The first-order chi connectivity index (χ1) is 7.27. The van der Waals surface area contributed by atoms with E-state index in [9.17, 15) is 0 Å². The van der Waals surface area contributed by atoms with Crippen LogP contribution in [0, 0.1) is 0 Å².